The van der Waals surface area contributed by atoms with Crippen LogP contribution in [0.3, 0.4) is 0 Å². The molecule has 0 aliphatic carbocycles. The lowest BCUT2D eigenvalue weighted by Crippen LogP contribution is -2.27. The summed E-state index contributed by atoms with van der Waals surface area (Å²) < 4.78 is 0.296. The summed E-state index contributed by atoms with van der Waals surface area (Å²) >= 11 is 1.97. The van der Waals surface area contributed by atoms with E-state index in [4.69, 9.17) is 11.5 Å². The van der Waals surface area contributed by atoms with Crippen molar-refractivity contribution in [1.82, 2.24) is 0 Å². The molecule has 0 aromatic heterocycles. The number of hydrogen-bond acceptors (Lipinski definition) is 2. The molecule has 0 amide bonds. The Morgan fingerprint density at radius 2 is 2.36 bits per heavy atom. The van der Waals surface area contributed by atoms with E-state index in [-0.39, 0.29) is 5.96 Å². The molecule has 1 aliphatic rings. The van der Waals surface area contributed by atoms with Crippen LogP contribution < -0.4 is 11.5 Å². The van der Waals surface area contributed by atoms with Crippen molar-refractivity contribution in [2.24, 2.45) is 16.5 Å². The molecule has 0 aromatic carbocycles. The molecule has 0 radical (unpaired) electrons. The first-order valence-corrected chi connectivity index (χ1v) is 4.80. The molecular formula is C7H15N3S. The molecule has 11 heavy (non-hydrogen) atoms. The maximum absolute atomic E-state index is 5.25. The lowest BCUT2D eigenvalue weighted by atomic mass is 10.1. The molecule has 1 fully saturated rings. The van der Waals surface area contributed by atoms with E-state index in [1.54, 1.807) is 0 Å². The Morgan fingerprint density at radius 1 is 1.64 bits per heavy atom. The molecule has 1 saturated heterocycles. The first kappa shape index (κ1) is 8.71. The van der Waals surface area contributed by atoms with Crippen molar-refractivity contribution >= 4 is 17.7 Å². The van der Waals surface area contributed by atoms with Gasteiger partial charge in [-0.15, -0.1) is 0 Å². The highest BCUT2D eigenvalue weighted by atomic mass is 32.2. The molecule has 4 heteroatoms. The van der Waals surface area contributed by atoms with Gasteiger partial charge in [0, 0.05) is 4.75 Å². The smallest absolute Gasteiger partial charge is 0.185 e. The van der Waals surface area contributed by atoms with Crippen LogP contribution in [0, 0.1) is 0 Å². The van der Waals surface area contributed by atoms with Gasteiger partial charge in [-0.1, -0.05) is 0 Å². The van der Waals surface area contributed by atoms with Gasteiger partial charge in [-0.25, -0.2) is 0 Å². The molecule has 0 saturated carbocycles. The van der Waals surface area contributed by atoms with Gasteiger partial charge >= 0.3 is 0 Å². The van der Waals surface area contributed by atoms with Crippen LogP contribution in [0.1, 0.15) is 19.8 Å². The Balaban J connectivity index is 2.40. The molecule has 4 N–H and O–H groups in total. The van der Waals surface area contributed by atoms with Gasteiger partial charge in [0.25, 0.3) is 0 Å². The Bertz CT molecular complexity index is 157. The van der Waals surface area contributed by atoms with Gasteiger partial charge < -0.3 is 11.5 Å². The third-order valence-corrected chi connectivity index (χ3v) is 3.42. The van der Waals surface area contributed by atoms with Gasteiger partial charge in [0.2, 0.25) is 0 Å². The lowest BCUT2D eigenvalue weighted by Gasteiger charge is -2.19. The van der Waals surface area contributed by atoms with Crippen LogP contribution in [-0.4, -0.2) is 23.0 Å². The number of thioether (sulfide) groups is 1. The van der Waals surface area contributed by atoms with Crippen LogP contribution in [0.2, 0.25) is 0 Å². The molecule has 1 aliphatic heterocycles. The van der Waals surface area contributed by atoms with Crippen molar-refractivity contribution in [3.63, 3.8) is 0 Å². The van der Waals surface area contributed by atoms with Gasteiger partial charge in [0.15, 0.2) is 5.96 Å². The van der Waals surface area contributed by atoms with E-state index < -0.39 is 0 Å². The van der Waals surface area contributed by atoms with Crippen LogP contribution in [-0.2, 0) is 0 Å². The molecule has 1 heterocycles. The zero-order valence-electron chi connectivity index (χ0n) is 6.84. The average Bonchev–Trinajstić information content (AvgIpc) is 2.33. The average molecular weight is 173 g/mol. The number of nitrogens with two attached hydrogens (primary N) is 2. The third kappa shape index (κ3) is 2.61. The molecule has 1 unspecified atom stereocenters. The number of rotatable bonds is 2. The van der Waals surface area contributed by atoms with Gasteiger partial charge in [-0.05, 0) is 25.5 Å². The summed E-state index contributed by atoms with van der Waals surface area (Å²) in [6.45, 7) is 2.98. The second-order valence-electron chi connectivity index (χ2n) is 3.14. The zero-order valence-corrected chi connectivity index (χ0v) is 7.66. The van der Waals surface area contributed by atoms with Crippen molar-refractivity contribution < 1.29 is 0 Å². The predicted octanol–water partition coefficient (Wildman–Crippen LogP) is 0.545. The fraction of sp³-hybridized carbons (Fsp3) is 0.857. The molecular weight excluding hydrogens is 158 g/mol. The summed E-state index contributed by atoms with van der Waals surface area (Å²) in [5.41, 5.74) is 10.5. The minimum atomic E-state index is 0.207. The van der Waals surface area contributed by atoms with Crippen molar-refractivity contribution in [3.8, 4) is 0 Å². The van der Waals surface area contributed by atoms with Gasteiger partial charge in [0.1, 0.15) is 0 Å². The van der Waals surface area contributed by atoms with Crippen molar-refractivity contribution in [1.29, 1.82) is 0 Å². The fourth-order valence-electron chi connectivity index (χ4n) is 1.22. The van der Waals surface area contributed by atoms with Gasteiger partial charge in [-0.2, -0.15) is 11.8 Å². The second kappa shape index (κ2) is 3.34. The molecule has 64 valence electrons. The fourth-order valence-corrected chi connectivity index (χ4v) is 2.45. The summed E-state index contributed by atoms with van der Waals surface area (Å²) in [5, 5.41) is 0. The van der Waals surface area contributed by atoms with E-state index in [1.807, 2.05) is 11.8 Å². The summed E-state index contributed by atoms with van der Waals surface area (Å²) in [5.74, 6) is 1.45. The summed E-state index contributed by atoms with van der Waals surface area (Å²) in [7, 11) is 0. The number of hydrogen-bond donors (Lipinski definition) is 2. The minimum absolute atomic E-state index is 0.207. The second-order valence-corrected chi connectivity index (χ2v) is 4.83. The highest BCUT2D eigenvalue weighted by Gasteiger charge is 2.28. The summed E-state index contributed by atoms with van der Waals surface area (Å²) in [4.78, 5) is 4.03. The first-order valence-electron chi connectivity index (χ1n) is 3.82. The lowest BCUT2D eigenvalue weighted by molar-refractivity contribution is 0.618. The number of nitrogens with zero attached hydrogens (tertiary/aromatic N) is 1. The standard InChI is InChI=1S/C7H15N3S/c1-7(3-2-4-11-7)5-10-6(8)9/h2-5H2,1H3,(H4,8,9,10). The van der Waals surface area contributed by atoms with Crippen LogP contribution in [0.4, 0.5) is 0 Å². The largest absolute Gasteiger partial charge is 0.370 e. The van der Waals surface area contributed by atoms with Gasteiger partial charge in [0.05, 0.1) is 6.54 Å². The van der Waals surface area contributed by atoms with Crippen molar-refractivity contribution in [2.75, 3.05) is 12.3 Å². The molecule has 3 nitrogen and oxygen atoms in total. The minimum Gasteiger partial charge on any atom is -0.370 e. The van der Waals surface area contributed by atoms with E-state index >= 15 is 0 Å². The Labute approximate surface area is 71.6 Å². The van der Waals surface area contributed by atoms with Crippen LogP contribution in [0.5, 0.6) is 0 Å². The maximum Gasteiger partial charge on any atom is 0.185 e. The monoisotopic (exact) mass is 173 g/mol. The molecule has 1 atom stereocenters. The van der Waals surface area contributed by atoms with Crippen molar-refractivity contribution in [3.05, 3.63) is 0 Å². The van der Waals surface area contributed by atoms with E-state index in [1.165, 1.54) is 18.6 Å². The molecule has 0 bridgehead atoms. The Morgan fingerprint density at radius 3 is 2.82 bits per heavy atom. The molecule has 1 rings (SSSR count). The summed E-state index contributed by atoms with van der Waals surface area (Å²) in [6.07, 6.45) is 2.52. The normalized spacial score (nSPS) is 30.3. The summed E-state index contributed by atoms with van der Waals surface area (Å²) in [6, 6.07) is 0. The SMILES string of the molecule is CC1(CN=C(N)N)CCCS1. The van der Waals surface area contributed by atoms with Crippen molar-refractivity contribution in [2.45, 2.75) is 24.5 Å². The quantitative estimate of drug-likeness (QED) is 0.473. The Hall–Kier alpha value is -0.380. The molecule has 0 spiro atoms. The maximum atomic E-state index is 5.25. The Kier molecular flexibility index (Phi) is 2.65. The van der Waals surface area contributed by atoms with E-state index in [0.29, 0.717) is 4.75 Å². The highest BCUT2D eigenvalue weighted by molar-refractivity contribution is 8.00. The van der Waals surface area contributed by atoms with Gasteiger partial charge in [-0.3, -0.25) is 4.99 Å². The van der Waals surface area contributed by atoms with Crippen LogP contribution >= 0.6 is 11.8 Å². The van der Waals surface area contributed by atoms with E-state index in [2.05, 4.69) is 11.9 Å². The molecule has 0 aromatic rings. The highest BCUT2D eigenvalue weighted by Crippen LogP contribution is 2.37. The number of aliphatic imine (C=N–C) groups is 1. The van der Waals surface area contributed by atoms with Crippen LogP contribution in [0.15, 0.2) is 4.99 Å². The van der Waals surface area contributed by atoms with E-state index in [9.17, 15) is 0 Å². The topological polar surface area (TPSA) is 64.4 Å². The van der Waals surface area contributed by atoms with Crippen LogP contribution in [0.25, 0.3) is 0 Å². The number of guanidine groups is 1. The van der Waals surface area contributed by atoms with E-state index in [0.717, 1.165) is 6.54 Å². The first-order chi connectivity index (χ1) is 5.12. The predicted molar refractivity (Wildman–Crippen MR) is 50.8 cm³/mol. The third-order valence-electron chi connectivity index (χ3n) is 1.90. The zero-order chi connectivity index (χ0) is 8.32.